The molecule has 0 fully saturated rings. The molecule has 0 atom stereocenters. The first-order valence-electron chi connectivity index (χ1n) is 9.83. The summed E-state index contributed by atoms with van der Waals surface area (Å²) in [6, 6.07) is 8.48. The van der Waals surface area contributed by atoms with Gasteiger partial charge in [-0.05, 0) is 52.7 Å². The number of methoxy groups -OCH3 is 1. The van der Waals surface area contributed by atoms with Crippen LogP contribution in [0.1, 0.15) is 26.5 Å². The Hall–Kier alpha value is -3.28. The number of nitrogens with one attached hydrogen (secondary N) is 2. The maximum absolute atomic E-state index is 13.3. The molecule has 33 heavy (non-hydrogen) atoms. The Balaban J connectivity index is 1.75. The largest absolute Gasteiger partial charge is 0.383 e. The van der Waals surface area contributed by atoms with E-state index >= 15 is 0 Å². The molecule has 0 aliphatic rings. The predicted molar refractivity (Wildman–Crippen MR) is 126 cm³/mol. The number of carbonyl (C=O) groups excluding carboxylic acids is 2. The highest BCUT2D eigenvalue weighted by molar-refractivity contribution is 9.10. The third-order valence-electron chi connectivity index (χ3n) is 4.78. The van der Waals surface area contributed by atoms with Gasteiger partial charge in [-0.3, -0.25) is 9.59 Å². The van der Waals surface area contributed by atoms with Gasteiger partial charge < -0.3 is 15.4 Å². The van der Waals surface area contributed by atoms with Crippen molar-refractivity contribution in [1.29, 1.82) is 0 Å². The monoisotopic (exact) mass is 531 g/mol. The standard InChI is InChI=1S/C21H19BrClN7O3/c1-12-10-13-5-7-26-29(13)18(21(32)25-8-9-33-2)17(12)27-20(31)15-11-16(22)28-30(15)19-14(23)4-3-6-24-19/h3-7,10-11H,8-9H2,1-2H3,(H,25,32)(H,27,31). The first kappa shape index (κ1) is 22.9. The van der Waals surface area contributed by atoms with E-state index in [1.165, 1.54) is 9.20 Å². The predicted octanol–water partition coefficient (Wildman–Crippen LogP) is 3.27. The number of fused-ring (bicyclic) bond motifs is 1. The average Bonchev–Trinajstić information content (AvgIpc) is 3.40. The molecule has 0 aromatic carbocycles. The molecule has 0 aliphatic heterocycles. The number of aromatic nitrogens is 5. The van der Waals surface area contributed by atoms with E-state index in [2.05, 4.69) is 41.7 Å². The first-order valence-corrected chi connectivity index (χ1v) is 11.0. The van der Waals surface area contributed by atoms with Gasteiger partial charge in [0.1, 0.15) is 10.3 Å². The van der Waals surface area contributed by atoms with Crippen molar-refractivity contribution in [3.05, 3.63) is 69.3 Å². The zero-order valence-corrected chi connectivity index (χ0v) is 20.0. The number of carbonyl (C=O) groups is 2. The minimum Gasteiger partial charge on any atom is -0.383 e. The van der Waals surface area contributed by atoms with Crippen LogP contribution in [0.4, 0.5) is 5.69 Å². The van der Waals surface area contributed by atoms with Gasteiger partial charge in [0.15, 0.2) is 11.5 Å². The third-order valence-corrected chi connectivity index (χ3v) is 5.46. The fourth-order valence-electron chi connectivity index (χ4n) is 3.30. The second kappa shape index (κ2) is 9.69. The second-order valence-corrected chi connectivity index (χ2v) is 8.21. The van der Waals surface area contributed by atoms with E-state index in [1.54, 1.807) is 50.7 Å². The summed E-state index contributed by atoms with van der Waals surface area (Å²) in [6.07, 6.45) is 3.14. The summed E-state index contributed by atoms with van der Waals surface area (Å²) in [7, 11) is 1.55. The highest BCUT2D eigenvalue weighted by Gasteiger charge is 2.24. The molecule has 4 aromatic heterocycles. The Kier molecular flexibility index (Phi) is 6.72. The van der Waals surface area contributed by atoms with E-state index < -0.39 is 11.8 Å². The number of halogens is 2. The Morgan fingerprint density at radius 1 is 1.21 bits per heavy atom. The zero-order valence-electron chi connectivity index (χ0n) is 17.7. The van der Waals surface area contributed by atoms with E-state index in [-0.39, 0.29) is 11.4 Å². The number of pyridine rings is 2. The van der Waals surface area contributed by atoms with Crippen molar-refractivity contribution in [1.82, 2.24) is 29.7 Å². The number of amides is 2. The molecular weight excluding hydrogens is 514 g/mol. The molecule has 4 rings (SSSR count). The Bertz CT molecular complexity index is 1350. The molecule has 0 saturated heterocycles. The van der Waals surface area contributed by atoms with E-state index in [9.17, 15) is 9.59 Å². The van der Waals surface area contributed by atoms with Crippen molar-refractivity contribution in [3.63, 3.8) is 0 Å². The Morgan fingerprint density at radius 2 is 2.03 bits per heavy atom. The topological polar surface area (TPSA) is 115 Å². The number of rotatable bonds is 7. The van der Waals surface area contributed by atoms with Gasteiger partial charge in [-0.25, -0.2) is 14.2 Å². The van der Waals surface area contributed by atoms with Crippen molar-refractivity contribution in [3.8, 4) is 5.82 Å². The summed E-state index contributed by atoms with van der Waals surface area (Å²) in [5.74, 6) is -0.607. The summed E-state index contributed by atoms with van der Waals surface area (Å²) >= 11 is 9.57. The van der Waals surface area contributed by atoms with Crippen LogP contribution in [-0.4, -0.2) is 56.5 Å². The molecule has 2 amide bonds. The van der Waals surface area contributed by atoms with Crippen LogP contribution in [0.5, 0.6) is 0 Å². The Labute approximate surface area is 202 Å². The number of hydrogen-bond donors (Lipinski definition) is 2. The summed E-state index contributed by atoms with van der Waals surface area (Å²) in [6.45, 7) is 2.45. The number of hydrogen-bond acceptors (Lipinski definition) is 6. The third kappa shape index (κ3) is 4.61. The van der Waals surface area contributed by atoms with Crippen molar-refractivity contribution >= 4 is 50.5 Å². The maximum Gasteiger partial charge on any atom is 0.274 e. The van der Waals surface area contributed by atoms with Crippen molar-refractivity contribution < 1.29 is 14.3 Å². The summed E-state index contributed by atoms with van der Waals surface area (Å²) in [5, 5.41) is 14.5. The van der Waals surface area contributed by atoms with E-state index in [0.29, 0.717) is 39.8 Å². The zero-order chi connectivity index (χ0) is 23.5. The van der Waals surface area contributed by atoms with Gasteiger partial charge in [0, 0.05) is 25.9 Å². The molecule has 4 aromatic rings. The SMILES string of the molecule is COCCNC(=O)c1c(NC(=O)c2cc(Br)nn2-c2ncccc2Cl)c(C)cc2ccnn12. The van der Waals surface area contributed by atoms with Crippen LogP contribution < -0.4 is 10.6 Å². The van der Waals surface area contributed by atoms with Gasteiger partial charge in [0.25, 0.3) is 11.8 Å². The van der Waals surface area contributed by atoms with E-state index in [1.807, 2.05) is 6.07 Å². The van der Waals surface area contributed by atoms with Crippen LogP contribution in [0.3, 0.4) is 0 Å². The van der Waals surface area contributed by atoms with Gasteiger partial charge >= 0.3 is 0 Å². The van der Waals surface area contributed by atoms with Gasteiger partial charge in [-0.15, -0.1) is 0 Å². The first-order chi connectivity index (χ1) is 15.9. The number of aryl methyl sites for hydroxylation is 1. The summed E-state index contributed by atoms with van der Waals surface area (Å²) < 4.78 is 8.24. The second-order valence-electron chi connectivity index (χ2n) is 6.99. The van der Waals surface area contributed by atoms with Crippen molar-refractivity contribution in [2.45, 2.75) is 6.92 Å². The minimum atomic E-state index is -0.504. The molecule has 0 spiro atoms. The van der Waals surface area contributed by atoms with Gasteiger partial charge in [0.05, 0.1) is 29.0 Å². The molecule has 170 valence electrons. The lowest BCUT2D eigenvalue weighted by Crippen LogP contribution is -2.31. The fraction of sp³-hybridized carbons (Fsp3) is 0.190. The number of anilines is 1. The molecule has 2 N–H and O–H groups in total. The lowest BCUT2D eigenvalue weighted by Gasteiger charge is -2.16. The molecule has 0 radical (unpaired) electrons. The van der Waals surface area contributed by atoms with Crippen LogP contribution in [0.15, 0.2) is 47.3 Å². The van der Waals surface area contributed by atoms with E-state index in [4.69, 9.17) is 16.3 Å². The lowest BCUT2D eigenvalue weighted by atomic mass is 10.1. The number of ether oxygens (including phenoxy) is 1. The van der Waals surface area contributed by atoms with Gasteiger partial charge in [0.2, 0.25) is 0 Å². The summed E-state index contributed by atoms with van der Waals surface area (Å²) in [5.41, 5.74) is 2.10. The summed E-state index contributed by atoms with van der Waals surface area (Å²) in [4.78, 5) is 30.6. The fourth-order valence-corrected chi connectivity index (χ4v) is 3.88. The smallest absolute Gasteiger partial charge is 0.274 e. The molecular formula is C21H19BrClN7O3. The molecule has 10 nitrogen and oxygen atoms in total. The van der Waals surface area contributed by atoms with Crippen LogP contribution in [0, 0.1) is 6.92 Å². The number of nitrogens with zero attached hydrogens (tertiary/aromatic N) is 5. The molecule has 0 bridgehead atoms. The molecule has 0 aliphatic carbocycles. The molecule has 0 unspecified atom stereocenters. The molecule has 4 heterocycles. The highest BCUT2D eigenvalue weighted by Crippen LogP contribution is 2.26. The average molecular weight is 533 g/mol. The molecule has 12 heteroatoms. The van der Waals surface area contributed by atoms with Crippen molar-refractivity contribution in [2.75, 3.05) is 25.6 Å². The van der Waals surface area contributed by atoms with Gasteiger partial charge in [-0.2, -0.15) is 10.2 Å². The minimum absolute atomic E-state index is 0.174. The quantitative estimate of drug-likeness (QED) is 0.353. The van der Waals surface area contributed by atoms with Gasteiger partial charge in [-0.1, -0.05) is 11.6 Å². The van der Waals surface area contributed by atoms with Crippen LogP contribution in [-0.2, 0) is 4.74 Å². The van der Waals surface area contributed by atoms with Crippen molar-refractivity contribution in [2.24, 2.45) is 0 Å². The highest BCUT2D eigenvalue weighted by atomic mass is 79.9. The normalized spacial score (nSPS) is 11.0. The van der Waals surface area contributed by atoms with Crippen LogP contribution in [0.2, 0.25) is 5.02 Å². The van der Waals surface area contributed by atoms with E-state index in [0.717, 1.165) is 5.52 Å². The molecule has 0 saturated carbocycles. The Morgan fingerprint density at radius 3 is 2.79 bits per heavy atom. The van der Waals surface area contributed by atoms with Crippen LogP contribution in [0.25, 0.3) is 11.3 Å². The lowest BCUT2D eigenvalue weighted by molar-refractivity contribution is 0.0930. The van der Waals surface area contributed by atoms with Crippen LogP contribution >= 0.6 is 27.5 Å². The maximum atomic E-state index is 13.3.